The van der Waals surface area contributed by atoms with E-state index in [-0.39, 0.29) is 12.1 Å². The Balaban J connectivity index is 2.03. The molecule has 1 aliphatic rings. The first-order chi connectivity index (χ1) is 9.56. The van der Waals surface area contributed by atoms with Crippen molar-refractivity contribution < 1.29 is 9.53 Å². The summed E-state index contributed by atoms with van der Waals surface area (Å²) in [6.07, 6.45) is 2.37. The molecule has 0 radical (unpaired) electrons. The highest BCUT2D eigenvalue weighted by Gasteiger charge is 2.21. The fourth-order valence-corrected chi connectivity index (χ4v) is 2.49. The standard InChI is InChI=1S/C16H24N2O2/c1-12(2)20-15-9-5-4-8-14(15)17-16(19)18-10-6-7-13(3)11-18/h4-5,8-9,12-13H,6-7,10-11H2,1-3H3,(H,17,19). The molecule has 1 N–H and O–H groups in total. The first kappa shape index (κ1) is 14.7. The molecule has 0 aliphatic carbocycles. The lowest BCUT2D eigenvalue weighted by Gasteiger charge is -2.31. The van der Waals surface area contributed by atoms with Gasteiger partial charge in [-0.1, -0.05) is 19.1 Å². The normalized spacial score (nSPS) is 19.0. The summed E-state index contributed by atoms with van der Waals surface area (Å²) < 4.78 is 5.72. The van der Waals surface area contributed by atoms with E-state index in [4.69, 9.17) is 4.74 Å². The average molecular weight is 276 g/mol. The maximum Gasteiger partial charge on any atom is 0.321 e. The Kier molecular flexibility index (Phi) is 4.88. The first-order valence-electron chi connectivity index (χ1n) is 7.38. The lowest BCUT2D eigenvalue weighted by atomic mass is 10.0. The lowest BCUT2D eigenvalue weighted by Crippen LogP contribution is -2.41. The van der Waals surface area contributed by atoms with Gasteiger partial charge in [0.2, 0.25) is 0 Å². The van der Waals surface area contributed by atoms with E-state index in [9.17, 15) is 4.79 Å². The molecule has 4 heteroatoms. The van der Waals surface area contributed by atoms with Crippen LogP contribution in [0.3, 0.4) is 0 Å². The molecule has 2 rings (SSSR count). The molecular weight excluding hydrogens is 252 g/mol. The van der Waals surface area contributed by atoms with Crippen LogP contribution in [0.25, 0.3) is 0 Å². The number of rotatable bonds is 3. The van der Waals surface area contributed by atoms with Gasteiger partial charge in [-0.15, -0.1) is 0 Å². The summed E-state index contributed by atoms with van der Waals surface area (Å²) in [4.78, 5) is 14.2. The van der Waals surface area contributed by atoms with Crippen LogP contribution in [-0.2, 0) is 0 Å². The average Bonchev–Trinajstić information content (AvgIpc) is 2.40. The number of anilines is 1. The molecule has 2 amide bonds. The second-order valence-corrected chi connectivity index (χ2v) is 5.79. The summed E-state index contributed by atoms with van der Waals surface area (Å²) in [6.45, 7) is 7.81. The summed E-state index contributed by atoms with van der Waals surface area (Å²) in [7, 11) is 0. The van der Waals surface area contributed by atoms with Crippen molar-refractivity contribution in [2.75, 3.05) is 18.4 Å². The molecule has 0 bridgehead atoms. The van der Waals surface area contributed by atoms with Crippen LogP contribution in [0, 0.1) is 5.92 Å². The number of benzene rings is 1. The van der Waals surface area contributed by atoms with Crippen molar-refractivity contribution in [1.29, 1.82) is 0 Å². The number of carbonyl (C=O) groups excluding carboxylic acids is 1. The van der Waals surface area contributed by atoms with Gasteiger partial charge in [-0.25, -0.2) is 4.79 Å². The number of carbonyl (C=O) groups is 1. The van der Waals surface area contributed by atoms with Gasteiger partial charge in [0, 0.05) is 13.1 Å². The van der Waals surface area contributed by atoms with Gasteiger partial charge in [0.15, 0.2) is 0 Å². The van der Waals surface area contributed by atoms with Gasteiger partial charge in [-0.05, 0) is 44.7 Å². The third-order valence-electron chi connectivity index (χ3n) is 3.44. The number of amides is 2. The topological polar surface area (TPSA) is 41.6 Å². The summed E-state index contributed by atoms with van der Waals surface area (Å²) in [5.74, 6) is 1.30. The number of piperidine rings is 1. The number of hydrogen-bond acceptors (Lipinski definition) is 2. The minimum Gasteiger partial charge on any atom is -0.489 e. The Morgan fingerprint density at radius 3 is 2.85 bits per heavy atom. The first-order valence-corrected chi connectivity index (χ1v) is 7.38. The number of para-hydroxylation sites is 2. The van der Waals surface area contributed by atoms with Crippen LogP contribution in [0.4, 0.5) is 10.5 Å². The second-order valence-electron chi connectivity index (χ2n) is 5.79. The number of nitrogens with one attached hydrogen (secondary N) is 1. The fraction of sp³-hybridized carbons (Fsp3) is 0.562. The van der Waals surface area contributed by atoms with Crippen molar-refractivity contribution in [3.8, 4) is 5.75 Å². The molecule has 1 fully saturated rings. The Bertz CT molecular complexity index is 460. The van der Waals surface area contributed by atoms with E-state index in [0.717, 1.165) is 30.9 Å². The number of urea groups is 1. The zero-order chi connectivity index (χ0) is 14.5. The third-order valence-corrected chi connectivity index (χ3v) is 3.44. The van der Waals surface area contributed by atoms with Crippen LogP contribution in [0.15, 0.2) is 24.3 Å². The predicted molar refractivity (Wildman–Crippen MR) is 81.2 cm³/mol. The van der Waals surface area contributed by atoms with Crippen molar-refractivity contribution in [3.05, 3.63) is 24.3 Å². The molecule has 1 heterocycles. The van der Waals surface area contributed by atoms with Crippen molar-refractivity contribution in [2.24, 2.45) is 5.92 Å². The van der Waals surface area contributed by atoms with E-state index in [0.29, 0.717) is 5.92 Å². The largest absolute Gasteiger partial charge is 0.489 e. The molecule has 4 nitrogen and oxygen atoms in total. The van der Waals surface area contributed by atoms with Crippen LogP contribution in [0.5, 0.6) is 5.75 Å². The van der Waals surface area contributed by atoms with E-state index < -0.39 is 0 Å². The Labute approximate surface area is 121 Å². The number of likely N-dealkylation sites (tertiary alicyclic amines) is 1. The molecule has 1 aromatic carbocycles. The number of ether oxygens (including phenoxy) is 1. The Morgan fingerprint density at radius 1 is 1.40 bits per heavy atom. The van der Waals surface area contributed by atoms with Crippen molar-refractivity contribution >= 4 is 11.7 Å². The SMILES string of the molecule is CC1CCCN(C(=O)Nc2ccccc2OC(C)C)C1. The van der Waals surface area contributed by atoms with Crippen LogP contribution in [0.1, 0.15) is 33.6 Å². The molecule has 1 unspecified atom stereocenters. The monoisotopic (exact) mass is 276 g/mol. The van der Waals surface area contributed by atoms with E-state index in [1.165, 1.54) is 6.42 Å². The van der Waals surface area contributed by atoms with Gasteiger partial charge in [0.05, 0.1) is 11.8 Å². The highest BCUT2D eigenvalue weighted by atomic mass is 16.5. The molecule has 1 saturated heterocycles. The number of hydrogen-bond donors (Lipinski definition) is 1. The molecule has 1 aromatic rings. The molecule has 0 saturated carbocycles. The van der Waals surface area contributed by atoms with Gasteiger partial charge in [0.1, 0.15) is 5.75 Å². The van der Waals surface area contributed by atoms with E-state index in [2.05, 4.69) is 12.2 Å². The zero-order valence-electron chi connectivity index (χ0n) is 12.6. The van der Waals surface area contributed by atoms with Gasteiger partial charge in [-0.2, -0.15) is 0 Å². The summed E-state index contributed by atoms with van der Waals surface area (Å²) in [6, 6.07) is 7.55. The predicted octanol–water partition coefficient (Wildman–Crippen LogP) is 3.74. The quantitative estimate of drug-likeness (QED) is 0.913. The minimum absolute atomic E-state index is 0.0312. The molecule has 1 aliphatic heterocycles. The summed E-state index contributed by atoms with van der Waals surface area (Å²) >= 11 is 0. The maximum absolute atomic E-state index is 12.3. The van der Waals surface area contributed by atoms with Crippen molar-refractivity contribution in [3.63, 3.8) is 0 Å². The third kappa shape index (κ3) is 3.89. The van der Waals surface area contributed by atoms with Crippen LogP contribution in [-0.4, -0.2) is 30.1 Å². The van der Waals surface area contributed by atoms with E-state index in [1.54, 1.807) is 0 Å². The van der Waals surface area contributed by atoms with Crippen LogP contribution >= 0.6 is 0 Å². The Hall–Kier alpha value is -1.71. The molecule has 20 heavy (non-hydrogen) atoms. The Morgan fingerprint density at radius 2 is 2.15 bits per heavy atom. The van der Waals surface area contributed by atoms with Gasteiger partial charge in [0.25, 0.3) is 0 Å². The fourth-order valence-electron chi connectivity index (χ4n) is 2.49. The molecule has 0 spiro atoms. The minimum atomic E-state index is -0.0312. The molecule has 1 atom stereocenters. The highest BCUT2D eigenvalue weighted by molar-refractivity contribution is 5.91. The van der Waals surface area contributed by atoms with E-state index >= 15 is 0 Å². The molecular formula is C16H24N2O2. The van der Waals surface area contributed by atoms with Gasteiger partial charge < -0.3 is 15.0 Å². The maximum atomic E-state index is 12.3. The number of nitrogens with zero attached hydrogens (tertiary/aromatic N) is 1. The van der Waals surface area contributed by atoms with E-state index in [1.807, 2.05) is 43.0 Å². The second kappa shape index (κ2) is 6.64. The van der Waals surface area contributed by atoms with Crippen LogP contribution < -0.4 is 10.1 Å². The van der Waals surface area contributed by atoms with Gasteiger partial charge in [-0.3, -0.25) is 0 Å². The highest BCUT2D eigenvalue weighted by Crippen LogP contribution is 2.26. The van der Waals surface area contributed by atoms with Crippen molar-refractivity contribution in [2.45, 2.75) is 39.7 Å². The molecule has 0 aromatic heterocycles. The molecule has 110 valence electrons. The summed E-state index contributed by atoms with van der Waals surface area (Å²) in [5.41, 5.74) is 0.740. The zero-order valence-corrected chi connectivity index (χ0v) is 12.6. The van der Waals surface area contributed by atoms with Crippen molar-refractivity contribution in [1.82, 2.24) is 4.90 Å². The van der Waals surface area contributed by atoms with Crippen LogP contribution in [0.2, 0.25) is 0 Å². The smallest absolute Gasteiger partial charge is 0.321 e. The lowest BCUT2D eigenvalue weighted by molar-refractivity contribution is 0.182. The summed E-state index contributed by atoms with van der Waals surface area (Å²) in [5, 5.41) is 2.97. The van der Waals surface area contributed by atoms with Gasteiger partial charge >= 0.3 is 6.03 Å².